The lowest BCUT2D eigenvalue weighted by Gasteiger charge is -2.35. The Bertz CT molecular complexity index is 1130. The quantitative estimate of drug-likeness (QED) is 0.283. The number of hydrogen-bond acceptors (Lipinski definition) is 4. The number of rotatable bonds is 12. The SMILES string of the molecule is CC(C)(C)CCCc1ccc(OC(F)(F)F)cc1N1CCC(COc2cccc(C(CC(=O)O)C3CC3)c2)CC1. The van der Waals surface area contributed by atoms with Gasteiger partial charge < -0.3 is 19.5 Å². The van der Waals surface area contributed by atoms with Gasteiger partial charge in [0, 0.05) is 24.8 Å². The molecule has 1 saturated heterocycles. The van der Waals surface area contributed by atoms with Gasteiger partial charge in [0.2, 0.25) is 0 Å². The Hall–Kier alpha value is -2.90. The van der Waals surface area contributed by atoms with E-state index in [0.717, 1.165) is 80.6 Å². The molecular weight excluding hydrogens is 519 g/mol. The fourth-order valence-corrected chi connectivity index (χ4v) is 5.69. The number of aliphatic carboxylic acids is 1. The summed E-state index contributed by atoms with van der Waals surface area (Å²) in [5.41, 5.74) is 3.10. The molecule has 0 amide bonds. The van der Waals surface area contributed by atoms with Crippen molar-refractivity contribution in [1.29, 1.82) is 0 Å². The summed E-state index contributed by atoms with van der Waals surface area (Å²) in [4.78, 5) is 13.5. The molecule has 0 spiro atoms. The van der Waals surface area contributed by atoms with Crippen LogP contribution in [0, 0.1) is 17.3 Å². The summed E-state index contributed by atoms with van der Waals surface area (Å²) < 4.78 is 49.1. The molecule has 0 aromatic heterocycles. The highest BCUT2D eigenvalue weighted by Gasteiger charge is 2.34. The van der Waals surface area contributed by atoms with Gasteiger partial charge in [0.15, 0.2) is 0 Å². The maximum absolute atomic E-state index is 12.9. The van der Waals surface area contributed by atoms with Gasteiger partial charge >= 0.3 is 12.3 Å². The molecule has 5 nitrogen and oxygen atoms in total. The smallest absolute Gasteiger partial charge is 0.493 e. The molecule has 1 unspecified atom stereocenters. The van der Waals surface area contributed by atoms with Crippen molar-refractivity contribution in [2.45, 2.75) is 84.4 Å². The average molecular weight is 562 g/mol. The molecule has 4 rings (SSSR count). The number of nitrogens with zero attached hydrogens (tertiary/aromatic N) is 1. The number of halogens is 3. The molecule has 8 heteroatoms. The summed E-state index contributed by atoms with van der Waals surface area (Å²) in [5, 5.41) is 9.33. The van der Waals surface area contributed by atoms with Crippen molar-refractivity contribution in [1.82, 2.24) is 0 Å². The van der Waals surface area contributed by atoms with Gasteiger partial charge in [0.1, 0.15) is 11.5 Å². The molecule has 1 atom stereocenters. The fraction of sp³-hybridized carbons (Fsp3) is 0.594. The Morgan fingerprint density at radius 2 is 1.75 bits per heavy atom. The largest absolute Gasteiger partial charge is 0.573 e. The van der Waals surface area contributed by atoms with Crippen molar-refractivity contribution < 1.29 is 32.5 Å². The molecule has 2 aromatic carbocycles. The van der Waals surface area contributed by atoms with E-state index in [2.05, 4.69) is 30.4 Å². The number of carboxylic acids is 1. The Labute approximate surface area is 235 Å². The second-order valence-electron chi connectivity index (χ2n) is 12.6. The number of aryl methyl sites for hydroxylation is 1. The lowest BCUT2D eigenvalue weighted by atomic mass is 9.88. The topological polar surface area (TPSA) is 59.0 Å². The second kappa shape index (κ2) is 12.7. The summed E-state index contributed by atoms with van der Waals surface area (Å²) in [6, 6.07) is 12.6. The highest BCUT2D eigenvalue weighted by atomic mass is 19.4. The predicted molar refractivity (Wildman–Crippen MR) is 150 cm³/mol. The van der Waals surface area contributed by atoms with E-state index in [4.69, 9.17) is 4.74 Å². The lowest BCUT2D eigenvalue weighted by molar-refractivity contribution is -0.274. The molecule has 2 aliphatic rings. The first-order chi connectivity index (χ1) is 18.9. The van der Waals surface area contributed by atoms with Gasteiger partial charge in [-0.2, -0.15) is 0 Å². The molecule has 2 aromatic rings. The van der Waals surface area contributed by atoms with E-state index in [9.17, 15) is 23.1 Å². The van der Waals surface area contributed by atoms with Crippen molar-refractivity contribution in [3.63, 3.8) is 0 Å². The van der Waals surface area contributed by atoms with Crippen LogP contribution in [-0.2, 0) is 11.2 Å². The number of hydrogen-bond donors (Lipinski definition) is 1. The number of benzene rings is 2. The van der Waals surface area contributed by atoms with Gasteiger partial charge in [-0.15, -0.1) is 13.2 Å². The Balaban J connectivity index is 1.36. The van der Waals surface area contributed by atoms with Crippen molar-refractivity contribution in [3.8, 4) is 11.5 Å². The van der Waals surface area contributed by atoms with Crippen LogP contribution in [0.5, 0.6) is 11.5 Å². The number of anilines is 1. The maximum atomic E-state index is 12.9. The first-order valence-corrected chi connectivity index (χ1v) is 14.4. The van der Waals surface area contributed by atoms with E-state index in [1.54, 1.807) is 6.07 Å². The average Bonchev–Trinajstić information content (AvgIpc) is 3.71. The standard InChI is InChI=1S/C32H42F3NO4/c1-31(2,3)15-5-7-24-11-12-27(40-32(33,34)35)19-29(24)36-16-13-22(14-17-36)21-39-26-8-4-6-25(18-26)28(20-30(37)38)23-9-10-23/h4,6,8,11-12,18-19,22-23,28H,5,7,9-10,13-17,20-21H2,1-3H3,(H,37,38). The first kappa shape index (κ1) is 30.1. The predicted octanol–water partition coefficient (Wildman–Crippen LogP) is 8.22. The minimum Gasteiger partial charge on any atom is -0.493 e. The summed E-state index contributed by atoms with van der Waals surface area (Å²) in [5.74, 6) is 0.599. The van der Waals surface area contributed by atoms with Gasteiger partial charge in [-0.25, -0.2) is 0 Å². The van der Waals surface area contributed by atoms with E-state index >= 15 is 0 Å². The van der Waals surface area contributed by atoms with Crippen molar-refractivity contribution in [2.75, 3.05) is 24.6 Å². The van der Waals surface area contributed by atoms with E-state index < -0.39 is 12.3 Å². The van der Waals surface area contributed by atoms with Crippen LogP contribution in [0.1, 0.15) is 82.8 Å². The van der Waals surface area contributed by atoms with Crippen LogP contribution >= 0.6 is 0 Å². The normalized spacial score (nSPS) is 17.5. The highest BCUT2D eigenvalue weighted by Crippen LogP contribution is 2.45. The molecule has 1 saturated carbocycles. The molecule has 1 aliphatic heterocycles. The van der Waals surface area contributed by atoms with Crippen molar-refractivity contribution in [2.24, 2.45) is 17.3 Å². The number of alkyl halides is 3. The molecule has 220 valence electrons. The van der Waals surface area contributed by atoms with Gasteiger partial charge in [0.05, 0.1) is 13.0 Å². The number of ether oxygens (including phenoxy) is 2. The fourth-order valence-electron chi connectivity index (χ4n) is 5.69. The zero-order valence-electron chi connectivity index (χ0n) is 23.8. The molecule has 0 bridgehead atoms. The number of piperidine rings is 1. The summed E-state index contributed by atoms with van der Waals surface area (Å²) >= 11 is 0. The van der Waals surface area contributed by atoms with Crippen LogP contribution < -0.4 is 14.4 Å². The maximum Gasteiger partial charge on any atom is 0.573 e. The van der Waals surface area contributed by atoms with E-state index in [-0.39, 0.29) is 23.5 Å². The van der Waals surface area contributed by atoms with Gasteiger partial charge in [-0.3, -0.25) is 4.79 Å². The van der Waals surface area contributed by atoms with Gasteiger partial charge in [-0.05, 0) is 97.4 Å². The molecule has 0 radical (unpaired) electrons. The first-order valence-electron chi connectivity index (χ1n) is 14.4. The van der Waals surface area contributed by atoms with Gasteiger partial charge in [-0.1, -0.05) is 39.0 Å². The number of carbonyl (C=O) groups is 1. The van der Waals surface area contributed by atoms with E-state index in [1.807, 2.05) is 24.3 Å². The van der Waals surface area contributed by atoms with Crippen LogP contribution in [-0.4, -0.2) is 37.1 Å². The van der Waals surface area contributed by atoms with Crippen LogP contribution in [0.25, 0.3) is 0 Å². The van der Waals surface area contributed by atoms with E-state index in [0.29, 0.717) is 18.4 Å². The second-order valence-corrected chi connectivity index (χ2v) is 12.6. The van der Waals surface area contributed by atoms with Crippen LogP contribution in [0.4, 0.5) is 18.9 Å². The third-order valence-corrected chi connectivity index (χ3v) is 7.98. The number of carboxylic acid groups (broad SMARTS) is 1. The van der Waals surface area contributed by atoms with Crippen LogP contribution in [0.3, 0.4) is 0 Å². The Morgan fingerprint density at radius 3 is 2.38 bits per heavy atom. The highest BCUT2D eigenvalue weighted by molar-refractivity contribution is 5.68. The molecule has 1 heterocycles. The molecule has 1 aliphatic carbocycles. The Morgan fingerprint density at radius 1 is 1.02 bits per heavy atom. The third kappa shape index (κ3) is 9.34. The summed E-state index contributed by atoms with van der Waals surface area (Å²) in [7, 11) is 0. The zero-order chi connectivity index (χ0) is 28.9. The minimum absolute atomic E-state index is 0.0268. The van der Waals surface area contributed by atoms with E-state index in [1.165, 1.54) is 12.1 Å². The van der Waals surface area contributed by atoms with Gasteiger partial charge in [0.25, 0.3) is 0 Å². The van der Waals surface area contributed by atoms with Crippen LogP contribution in [0.15, 0.2) is 42.5 Å². The lowest BCUT2D eigenvalue weighted by Crippen LogP contribution is -2.36. The molecule has 1 N–H and O–H groups in total. The van der Waals surface area contributed by atoms with Crippen molar-refractivity contribution in [3.05, 3.63) is 53.6 Å². The summed E-state index contributed by atoms with van der Waals surface area (Å²) in [6.07, 6.45) is 2.11. The molecule has 40 heavy (non-hydrogen) atoms. The Kier molecular flexibility index (Phi) is 9.57. The summed E-state index contributed by atoms with van der Waals surface area (Å²) in [6.45, 7) is 8.60. The molecule has 2 fully saturated rings. The van der Waals surface area contributed by atoms with Crippen molar-refractivity contribution >= 4 is 11.7 Å². The minimum atomic E-state index is -4.72. The monoisotopic (exact) mass is 561 g/mol. The zero-order valence-corrected chi connectivity index (χ0v) is 23.8. The molecular formula is C32H42F3NO4. The van der Waals surface area contributed by atoms with Crippen LogP contribution in [0.2, 0.25) is 0 Å². The third-order valence-electron chi connectivity index (χ3n) is 7.98.